The number of benzene rings is 2. The number of imidazole rings is 1. The van der Waals surface area contributed by atoms with Gasteiger partial charge >= 0.3 is 5.69 Å². The summed E-state index contributed by atoms with van der Waals surface area (Å²) >= 11 is 5.88. The van der Waals surface area contributed by atoms with Gasteiger partial charge in [-0.25, -0.2) is 14.6 Å². The molecule has 2 heterocycles. The molecular formula is C20H16ClFN6O2. The van der Waals surface area contributed by atoms with E-state index in [4.69, 9.17) is 11.6 Å². The van der Waals surface area contributed by atoms with E-state index in [9.17, 15) is 14.0 Å². The van der Waals surface area contributed by atoms with Gasteiger partial charge in [0.05, 0.1) is 12.8 Å². The molecule has 0 spiro atoms. The summed E-state index contributed by atoms with van der Waals surface area (Å²) in [5, 5.41) is 4.79. The number of H-pyrrole nitrogens is 1. The van der Waals surface area contributed by atoms with Crippen LogP contribution in [-0.4, -0.2) is 25.3 Å². The fourth-order valence-electron chi connectivity index (χ4n) is 2.96. The number of nitrogens with one attached hydrogen (secondary N) is 2. The number of fused-ring (bicyclic) bond motifs is 1. The summed E-state index contributed by atoms with van der Waals surface area (Å²) in [6.07, 6.45) is 1.57. The monoisotopic (exact) mass is 426 g/mol. The third-order valence-corrected chi connectivity index (χ3v) is 4.76. The van der Waals surface area contributed by atoms with E-state index in [1.165, 1.54) is 23.7 Å². The molecule has 2 aromatic carbocycles. The Morgan fingerprint density at radius 2 is 1.87 bits per heavy atom. The fraction of sp³-hybridized carbons (Fsp3) is 0.100. The third kappa shape index (κ3) is 3.87. The molecule has 0 fully saturated rings. The SMILES string of the molecule is Cn1c(=O)[nH]c(=O)c2c1nc(N/N=C\c1ccc(Cl)cc1)n2Cc1ccc(F)cc1. The van der Waals surface area contributed by atoms with Crippen LogP contribution < -0.4 is 16.7 Å². The van der Waals surface area contributed by atoms with Crippen molar-refractivity contribution in [1.29, 1.82) is 0 Å². The zero-order valence-electron chi connectivity index (χ0n) is 15.8. The molecule has 0 saturated heterocycles. The largest absolute Gasteiger partial charge is 0.329 e. The van der Waals surface area contributed by atoms with Gasteiger partial charge in [-0.3, -0.25) is 18.9 Å². The van der Waals surface area contributed by atoms with Crippen molar-refractivity contribution in [1.82, 2.24) is 19.1 Å². The molecule has 2 aromatic heterocycles. The highest BCUT2D eigenvalue weighted by atomic mass is 35.5. The van der Waals surface area contributed by atoms with Gasteiger partial charge in [0.2, 0.25) is 5.95 Å². The average molecular weight is 427 g/mol. The van der Waals surface area contributed by atoms with Crippen LogP contribution in [0.15, 0.2) is 63.2 Å². The summed E-state index contributed by atoms with van der Waals surface area (Å²) in [4.78, 5) is 31.1. The molecule has 8 nitrogen and oxygen atoms in total. The highest BCUT2D eigenvalue weighted by Gasteiger charge is 2.17. The summed E-state index contributed by atoms with van der Waals surface area (Å²) in [5.41, 5.74) is 3.62. The molecule has 2 N–H and O–H groups in total. The molecule has 152 valence electrons. The first-order valence-corrected chi connectivity index (χ1v) is 9.29. The predicted octanol–water partition coefficient (Wildman–Crippen LogP) is 2.71. The van der Waals surface area contributed by atoms with Crippen LogP contribution in [0, 0.1) is 5.82 Å². The summed E-state index contributed by atoms with van der Waals surface area (Å²) in [7, 11) is 1.51. The smallest absolute Gasteiger partial charge is 0.298 e. The molecule has 0 saturated carbocycles. The van der Waals surface area contributed by atoms with Crippen molar-refractivity contribution in [2.75, 3.05) is 5.43 Å². The molecule has 0 amide bonds. The Morgan fingerprint density at radius 1 is 1.17 bits per heavy atom. The number of hydrogen-bond acceptors (Lipinski definition) is 5. The first-order valence-electron chi connectivity index (χ1n) is 8.91. The van der Waals surface area contributed by atoms with Crippen LogP contribution in [-0.2, 0) is 13.6 Å². The number of hydrazone groups is 1. The van der Waals surface area contributed by atoms with Gasteiger partial charge in [-0.15, -0.1) is 0 Å². The van der Waals surface area contributed by atoms with Crippen LogP contribution in [0.1, 0.15) is 11.1 Å². The number of halogens is 2. The fourth-order valence-corrected chi connectivity index (χ4v) is 3.09. The first-order chi connectivity index (χ1) is 14.4. The minimum Gasteiger partial charge on any atom is -0.298 e. The van der Waals surface area contributed by atoms with Gasteiger partial charge in [-0.1, -0.05) is 35.9 Å². The summed E-state index contributed by atoms with van der Waals surface area (Å²) < 4.78 is 16.1. The number of anilines is 1. The van der Waals surface area contributed by atoms with Gasteiger partial charge in [-0.2, -0.15) is 10.1 Å². The van der Waals surface area contributed by atoms with Crippen molar-refractivity contribution in [2.24, 2.45) is 12.1 Å². The zero-order chi connectivity index (χ0) is 21.3. The molecule has 0 bridgehead atoms. The Kier molecular flexibility index (Phi) is 5.20. The number of aromatic amines is 1. The Hall–Kier alpha value is -3.72. The topological polar surface area (TPSA) is 97.1 Å². The maximum Gasteiger partial charge on any atom is 0.329 e. The number of rotatable bonds is 5. The van der Waals surface area contributed by atoms with E-state index < -0.39 is 11.2 Å². The lowest BCUT2D eigenvalue weighted by Crippen LogP contribution is -2.29. The molecule has 0 aliphatic carbocycles. The van der Waals surface area contributed by atoms with Crippen molar-refractivity contribution in [2.45, 2.75) is 6.54 Å². The van der Waals surface area contributed by atoms with Crippen molar-refractivity contribution in [3.63, 3.8) is 0 Å². The summed E-state index contributed by atoms with van der Waals surface area (Å²) in [5.74, 6) is -0.105. The van der Waals surface area contributed by atoms with Crippen molar-refractivity contribution >= 4 is 34.9 Å². The minimum absolute atomic E-state index is 0.200. The summed E-state index contributed by atoms with van der Waals surface area (Å²) in [6, 6.07) is 13.0. The average Bonchev–Trinajstić information content (AvgIpc) is 3.08. The van der Waals surface area contributed by atoms with Crippen LogP contribution in [0.3, 0.4) is 0 Å². The van der Waals surface area contributed by atoms with Gasteiger partial charge in [0.15, 0.2) is 11.2 Å². The molecule has 30 heavy (non-hydrogen) atoms. The molecule has 0 aliphatic rings. The lowest BCUT2D eigenvalue weighted by molar-refractivity contribution is 0.626. The first kappa shape index (κ1) is 19.6. The third-order valence-electron chi connectivity index (χ3n) is 4.51. The number of hydrogen-bond donors (Lipinski definition) is 2. The maximum absolute atomic E-state index is 13.3. The highest BCUT2D eigenvalue weighted by Crippen LogP contribution is 2.18. The lowest BCUT2D eigenvalue weighted by atomic mass is 10.2. The lowest BCUT2D eigenvalue weighted by Gasteiger charge is -2.08. The van der Waals surface area contributed by atoms with Gasteiger partial charge in [0.25, 0.3) is 5.56 Å². The molecule has 4 rings (SSSR count). The van der Waals surface area contributed by atoms with Crippen LogP contribution in [0.25, 0.3) is 11.2 Å². The second-order valence-corrected chi connectivity index (χ2v) is 7.00. The second kappa shape index (κ2) is 7.96. The van der Waals surface area contributed by atoms with Gasteiger partial charge < -0.3 is 0 Å². The molecule has 0 atom stereocenters. The second-order valence-electron chi connectivity index (χ2n) is 6.56. The number of nitrogens with zero attached hydrogens (tertiary/aromatic N) is 4. The van der Waals surface area contributed by atoms with E-state index in [0.29, 0.717) is 5.02 Å². The standard InChI is InChI=1S/C20H16ClFN6O2/c1-27-17-16(18(29)25-20(27)30)28(11-13-4-8-15(22)9-5-13)19(24-17)26-23-10-12-2-6-14(21)7-3-12/h2-10H,11H2,1H3,(H,24,26)(H,25,29,30)/b23-10-. The van der Waals surface area contributed by atoms with Crippen LogP contribution in [0.5, 0.6) is 0 Å². The molecule has 10 heteroatoms. The highest BCUT2D eigenvalue weighted by molar-refractivity contribution is 6.30. The van der Waals surface area contributed by atoms with Gasteiger partial charge in [0, 0.05) is 12.1 Å². The Balaban J connectivity index is 1.77. The number of aromatic nitrogens is 4. The van der Waals surface area contributed by atoms with Crippen molar-refractivity contribution < 1.29 is 4.39 Å². The number of aryl methyl sites for hydroxylation is 1. The van der Waals surface area contributed by atoms with Gasteiger partial charge in [0.1, 0.15) is 5.82 Å². The zero-order valence-corrected chi connectivity index (χ0v) is 16.5. The maximum atomic E-state index is 13.3. The van der Waals surface area contributed by atoms with Crippen LogP contribution >= 0.6 is 11.6 Å². The molecular weight excluding hydrogens is 411 g/mol. The predicted molar refractivity (Wildman–Crippen MR) is 114 cm³/mol. The van der Waals surface area contributed by atoms with E-state index in [1.54, 1.807) is 47.2 Å². The van der Waals surface area contributed by atoms with E-state index >= 15 is 0 Å². The Labute approximate surface area is 174 Å². The minimum atomic E-state index is -0.574. The van der Waals surface area contributed by atoms with Crippen LogP contribution in [0.2, 0.25) is 5.02 Å². The molecule has 0 unspecified atom stereocenters. The molecule has 0 aliphatic heterocycles. The Morgan fingerprint density at radius 3 is 2.57 bits per heavy atom. The normalized spacial score (nSPS) is 11.4. The van der Waals surface area contributed by atoms with Gasteiger partial charge in [-0.05, 0) is 35.4 Å². The Bertz CT molecular complexity index is 1350. The van der Waals surface area contributed by atoms with Crippen LogP contribution in [0.4, 0.5) is 10.3 Å². The quantitative estimate of drug-likeness (QED) is 0.379. The molecule has 0 radical (unpaired) electrons. The molecule has 4 aromatic rings. The van der Waals surface area contributed by atoms with E-state index in [-0.39, 0.29) is 29.5 Å². The van der Waals surface area contributed by atoms with Crippen molar-refractivity contribution in [3.8, 4) is 0 Å². The van der Waals surface area contributed by atoms with E-state index in [0.717, 1.165) is 11.1 Å². The van der Waals surface area contributed by atoms with Crippen molar-refractivity contribution in [3.05, 3.63) is 91.3 Å². The van der Waals surface area contributed by atoms with E-state index in [2.05, 4.69) is 20.5 Å². The summed E-state index contributed by atoms with van der Waals surface area (Å²) in [6.45, 7) is 0.219. The van der Waals surface area contributed by atoms with E-state index in [1.807, 2.05) is 0 Å².